The number of thioether (sulfide) groups is 1. The molecule has 17 heavy (non-hydrogen) atoms. The van der Waals surface area contributed by atoms with Crippen molar-refractivity contribution < 1.29 is 14.3 Å². The van der Waals surface area contributed by atoms with Crippen molar-refractivity contribution in [3.8, 4) is 5.75 Å². The second-order valence-electron chi connectivity index (χ2n) is 3.72. The van der Waals surface area contributed by atoms with E-state index in [1.807, 2.05) is 0 Å². The number of Topliss-reactive ketones (excluding diaryl/α,β-unsaturated/α-hetero) is 1. The second-order valence-corrected chi connectivity index (χ2v) is 4.83. The van der Waals surface area contributed by atoms with Crippen LogP contribution in [-0.4, -0.2) is 24.6 Å². The number of rotatable bonds is 2. The van der Waals surface area contributed by atoms with Gasteiger partial charge in [0.2, 0.25) is 5.91 Å². The van der Waals surface area contributed by atoms with Gasteiger partial charge in [0, 0.05) is 19.1 Å². The van der Waals surface area contributed by atoms with Crippen LogP contribution < -0.4 is 10.1 Å². The van der Waals surface area contributed by atoms with E-state index in [0.717, 1.165) is 10.6 Å². The molecule has 5 heteroatoms. The fraction of sp³-hybridized carbons (Fsp3) is 0.333. The molecule has 0 aliphatic carbocycles. The molecule has 0 atom stereocenters. The van der Waals surface area contributed by atoms with E-state index >= 15 is 0 Å². The highest BCUT2D eigenvalue weighted by Gasteiger charge is 2.25. The average molecular weight is 251 g/mol. The van der Waals surface area contributed by atoms with Crippen LogP contribution in [0, 0.1) is 0 Å². The second kappa shape index (κ2) is 4.79. The van der Waals surface area contributed by atoms with Crippen LogP contribution in [0.25, 0.3) is 0 Å². The van der Waals surface area contributed by atoms with Gasteiger partial charge >= 0.3 is 0 Å². The molecule has 90 valence electrons. The maximum Gasteiger partial charge on any atom is 0.221 e. The maximum absolute atomic E-state index is 11.9. The van der Waals surface area contributed by atoms with Gasteiger partial charge in [-0.15, -0.1) is 11.8 Å². The molecule has 0 bridgehead atoms. The number of nitrogens with one attached hydrogen (secondary N) is 1. The van der Waals surface area contributed by atoms with Gasteiger partial charge in [0.15, 0.2) is 5.78 Å². The van der Waals surface area contributed by atoms with Gasteiger partial charge in [-0.25, -0.2) is 0 Å². The summed E-state index contributed by atoms with van der Waals surface area (Å²) in [4.78, 5) is 23.9. The Balaban J connectivity index is 2.55. The Bertz CT molecular complexity index is 485. The molecular weight excluding hydrogens is 238 g/mol. The summed E-state index contributed by atoms with van der Waals surface area (Å²) < 4.78 is 5.24. The topological polar surface area (TPSA) is 55.4 Å². The summed E-state index contributed by atoms with van der Waals surface area (Å²) in [5.74, 6) is 1.32. The number of benzene rings is 1. The molecule has 0 unspecified atom stereocenters. The van der Waals surface area contributed by atoms with Crippen LogP contribution in [0.15, 0.2) is 17.0 Å². The molecule has 1 aliphatic heterocycles. The molecule has 0 saturated carbocycles. The molecule has 1 aliphatic rings. The summed E-state index contributed by atoms with van der Waals surface area (Å²) >= 11 is 1.59. The Morgan fingerprint density at radius 1 is 1.47 bits per heavy atom. The van der Waals surface area contributed by atoms with Crippen molar-refractivity contribution in [2.24, 2.45) is 0 Å². The third kappa shape index (κ3) is 2.29. The highest BCUT2D eigenvalue weighted by atomic mass is 32.2. The molecule has 0 saturated heterocycles. The highest BCUT2D eigenvalue weighted by Crippen LogP contribution is 2.41. The van der Waals surface area contributed by atoms with Gasteiger partial charge in [-0.1, -0.05) is 0 Å². The number of carbonyl (C=O) groups excluding carboxylic acids is 2. The number of amides is 1. The smallest absolute Gasteiger partial charge is 0.221 e. The highest BCUT2D eigenvalue weighted by molar-refractivity contribution is 7.99. The van der Waals surface area contributed by atoms with E-state index in [-0.39, 0.29) is 11.7 Å². The summed E-state index contributed by atoms with van der Waals surface area (Å²) in [5.41, 5.74) is 1.15. The minimum atomic E-state index is -0.180. The van der Waals surface area contributed by atoms with E-state index in [1.165, 1.54) is 6.92 Å². The molecule has 0 spiro atoms. The normalized spacial score (nSPS) is 14.1. The molecular formula is C12H13NO3S. The quantitative estimate of drug-likeness (QED) is 0.876. The van der Waals surface area contributed by atoms with Crippen LogP contribution in [0.2, 0.25) is 0 Å². The molecule has 4 nitrogen and oxygen atoms in total. The third-order valence-electron chi connectivity index (χ3n) is 2.51. The summed E-state index contributed by atoms with van der Waals surface area (Å²) in [5, 5.41) is 2.69. The number of carbonyl (C=O) groups is 2. The van der Waals surface area contributed by atoms with E-state index in [0.29, 0.717) is 23.4 Å². The van der Waals surface area contributed by atoms with Gasteiger partial charge in [0.25, 0.3) is 0 Å². The maximum atomic E-state index is 11.9. The van der Waals surface area contributed by atoms with Crippen molar-refractivity contribution in [3.63, 3.8) is 0 Å². The zero-order valence-corrected chi connectivity index (χ0v) is 10.5. The molecule has 1 heterocycles. The van der Waals surface area contributed by atoms with Crippen molar-refractivity contribution in [3.05, 3.63) is 17.7 Å². The fourth-order valence-electron chi connectivity index (χ4n) is 1.81. The molecule has 1 aromatic rings. The Kier molecular flexibility index (Phi) is 3.38. The molecule has 1 amide bonds. The molecule has 0 aromatic heterocycles. The number of methoxy groups -OCH3 is 1. The number of hydrogen-bond donors (Lipinski definition) is 1. The van der Waals surface area contributed by atoms with Gasteiger partial charge in [-0.05, 0) is 12.1 Å². The zero-order valence-electron chi connectivity index (χ0n) is 9.70. The van der Waals surface area contributed by atoms with Crippen LogP contribution in [-0.2, 0) is 4.79 Å². The lowest BCUT2D eigenvalue weighted by Gasteiger charge is -2.20. The lowest BCUT2D eigenvalue weighted by Crippen LogP contribution is -2.15. The molecule has 2 rings (SSSR count). The average Bonchev–Trinajstić information content (AvgIpc) is 2.28. The van der Waals surface area contributed by atoms with Gasteiger partial charge in [-0.2, -0.15) is 0 Å². The minimum Gasteiger partial charge on any atom is -0.496 e. The van der Waals surface area contributed by atoms with Crippen molar-refractivity contribution in [1.29, 1.82) is 0 Å². The number of ketones is 1. The molecule has 0 fully saturated rings. The number of hydrogen-bond acceptors (Lipinski definition) is 4. The van der Waals surface area contributed by atoms with E-state index in [4.69, 9.17) is 4.74 Å². The lowest BCUT2D eigenvalue weighted by atomic mass is 10.1. The first-order chi connectivity index (χ1) is 8.13. The number of ether oxygens (including phenoxy) is 1. The number of fused-ring (bicyclic) bond motifs is 1. The fourth-order valence-corrected chi connectivity index (χ4v) is 2.96. The first-order valence-corrected chi connectivity index (χ1v) is 6.26. The standard InChI is InChI=1S/C12H13NO3S/c1-7(14)13-8-3-4-10(16-2)12-11(8)9(15)5-6-17-12/h3-4H,5-6H2,1-2H3,(H,13,14). The number of anilines is 1. The Hall–Kier alpha value is -1.49. The van der Waals surface area contributed by atoms with E-state index in [2.05, 4.69) is 5.32 Å². The summed E-state index contributed by atoms with van der Waals surface area (Å²) in [6.45, 7) is 1.43. The Morgan fingerprint density at radius 3 is 2.88 bits per heavy atom. The van der Waals surface area contributed by atoms with Crippen LogP contribution in [0.3, 0.4) is 0 Å². The lowest BCUT2D eigenvalue weighted by molar-refractivity contribution is -0.114. The molecule has 1 aromatic carbocycles. The SMILES string of the molecule is COc1ccc(NC(C)=O)c2c1SCCC2=O. The van der Waals surface area contributed by atoms with Crippen LogP contribution in [0.5, 0.6) is 5.75 Å². The molecule has 1 N–H and O–H groups in total. The summed E-state index contributed by atoms with van der Waals surface area (Å²) in [7, 11) is 1.58. The van der Waals surface area contributed by atoms with Crippen molar-refractivity contribution in [1.82, 2.24) is 0 Å². The van der Waals surface area contributed by atoms with Crippen LogP contribution in [0.4, 0.5) is 5.69 Å². The van der Waals surface area contributed by atoms with Crippen molar-refractivity contribution in [2.45, 2.75) is 18.2 Å². The minimum absolute atomic E-state index is 0.0569. The van der Waals surface area contributed by atoms with Gasteiger partial charge in [-0.3, -0.25) is 9.59 Å². The van der Waals surface area contributed by atoms with Crippen molar-refractivity contribution >= 4 is 29.1 Å². The van der Waals surface area contributed by atoms with Gasteiger partial charge in [0.05, 0.1) is 23.3 Å². The van der Waals surface area contributed by atoms with Crippen LogP contribution in [0.1, 0.15) is 23.7 Å². The monoisotopic (exact) mass is 251 g/mol. The van der Waals surface area contributed by atoms with Crippen LogP contribution >= 0.6 is 11.8 Å². The largest absolute Gasteiger partial charge is 0.496 e. The van der Waals surface area contributed by atoms with E-state index < -0.39 is 0 Å². The predicted octanol–water partition coefficient (Wildman–Crippen LogP) is 2.33. The van der Waals surface area contributed by atoms with Gasteiger partial charge < -0.3 is 10.1 Å². The Labute approximate surface area is 104 Å². The predicted molar refractivity (Wildman–Crippen MR) is 67.0 cm³/mol. The summed E-state index contributed by atoms with van der Waals surface area (Å²) in [6.07, 6.45) is 0.497. The summed E-state index contributed by atoms with van der Waals surface area (Å²) in [6, 6.07) is 3.48. The Morgan fingerprint density at radius 2 is 2.24 bits per heavy atom. The van der Waals surface area contributed by atoms with Crippen molar-refractivity contribution in [2.75, 3.05) is 18.2 Å². The third-order valence-corrected chi connectivity index (χ3v) is 3.61. The van der Waals surface area contributed by atoms with E-state index in [1.54, 1.807) is 31.0 Å². The molecule has 0 radical (unpaired) electrons. The van der Waals surface area contributed by atoms with Gasteiger partial charge in [0.1, 0.15) is 5.75 Å². The first kappa shape index (κ1) is 12.0. The first-order valence-electron chi connectivity index (χ1n) is 5.28. The van der Waals surface area contributed by atoms with E-state index in [9.17, 15) is 9.59 Å². The zero-order chi connectivity index (χ0) is 12.4.